The van der Waals surface area contributed by atoms with Crippen LogP contribution in [0.3, 0.4) is 0 Å². The Labute approximate surface area is 117 Å². The zero-order valence-corrected chi connectivity index (χ0v) is 12.0. The van der Waals surface area contributed by atoms with Gasteiger partial charge in [-0.15, -0.1) is 10.2 Å². The third kappa shape index (κ3) is 1.15. The largest absolute Gasteiger partial charge is 0.298 e. The lowest BCUT2D eigenvalue weighted by Crippen LogP contribution is -2.33. The van der Waals surface area contributed by atoms with Gasteiger partial charge in [-0.2, -0.15) is 9.61 Å². The van der Waals surface area contributed by atoms with Crippen LogP contribution < -0.4 is 0 Å². The van der Waals surface area contributed by atoms with E-state index in [1.165, 1.54) is 0 Å². The molecule has 4 rings (SSSR count). The van der Waals surface area contributed by atoms with Gasteiger partial charge in [0.1, 0.15) is 5.78 Å². The quantitative estimate of drug-likeness (QED) is 0.797. The molecule has 2 saturated carbocycles. The Hall–Kier alpha value is -1.78. The molecule has 5 heteroatoms. The summed E-state index contributed by atoms with van der Waals surface area (Å²) >= 11 is 0. The van der Waals surface area contributed by atoms with E-state index in [1.54, 1.807) is 10.7 Å². The highest BCUT2D eigenvalue weighted by Crippen LogP contribution is 2.67. The van der Waals surface area contributed by atoms with Crippen molar-refractivity contribution >= 4 is 11.4 Å². The van der Waals surface area contributed by atoms with E-state index in [0.29, 0.717) is 23.2 Å². The summed E-state index contributed by atoms with van der Waals surface area (Å²) in [7, 11) is 0. The van der Waals surface area contributed by atoms with Crippen molar-refractivity contribution in [3.05, 3.63) is 24.2 Å². The number of nitrogens with zero attached hydrogens (tertiary/aromatic N) is 4. The van der Waals surface area contributed by atoms with E-state index in [0.717, 1.165) is 12.8 Å². The molecule has 2 fully saturated rings. The number of hydrogen-bond acceptors (Lipinski definition) is 4. The van der Waals surface area contributed by atoms with Gasteiger partial charge >= 0.3 is 0 Å². The van der Waals surface area contributed by atoms with Crippen LogP contribution in [0.15, 0.2) is 18.3 Å². The van der Waals surface area contributed by atoms with E-state index >= 15 is 0 Å². The van der Waals surface area contributed by atoms with Crippen LogP contribution in [0.4, 0.5) is 0 Å². The van der Waals surface area contributed by atoms with Gasteiger partial charge in [-0.05, 0) is 36.3 Å². The number of rotatable bonds is 1. The van der Waals surface area contributed by atoms with E-state index in [-0.39, 0.29) is 16.7 Å². The summed E-state index contributed by atoms with van der Waals surface area (Å²) in [5.74, 6) is 1.22. The standard InChI is InChI=1S/C15H18N4O/c1-14(2)9-6-7-15(14,3)12(20)11(9)13-18-17-10-5-4-8-16-19(10)13/h4-5,8-9,11H,6-7H2,1-3H3/t9-,11+,15+/m1/s1. The van der Waals surface area contributed by atoms with Gasteiger partial charge < -0.3 is 0 Å². The zero-order valence-electron chi connectivity index (χ0n) is 12.0. The van der Waals surface area contributed by atoms with E-state index in [4.69, 9.17) is 0 Å². The highest BCUT2D eigenvalue weighted by atomic mass is 16.1. The van der Waals surface area contributed by atoms with Crippen LogP contribution in [-0.4, -0.2) is 25.6 Å². The summed E-state index contributed by atoms with van der Waals surface area (Å²) in [6.45, 7) is 6.56. The fourth-order valence-corrected chi connectivity index (χ4v) is 4.34. The van der Waals surface area contributed by atoms with Gasteiger partial charge in [-0.25, -0.2) is 0 Å². The second-order valence-electron chi connectivity index (χ2n) is 6.89. The number of ketones is 1. The van der Waals surface area contributed by atoms with Gasteiger partial charge in [-0.1, -0.05) is 20.8 Å². The number of Topliss-reactive ketones (excluding diaryl/α,β-unsaturated/α-hetero) is 1. The second kappa shape index (κ2) is 3.45. The Balaban J connectivity index is 1.90. The first-order valence-electron chi connectivity index (χ1n) is 7.17. The van der Waals surface area contributed by atoms with E-state index in [2.05, 4.69) is 36.1 Å². The third-order valence-electron chi connectivity index (χ3n) is 6.01. The summed E-state index contributed by atoms with van der Waals surface area (Å²) in [5, 5.41) is 12.7. The van der Waals surface area contributed by atoms with Gasteiger partial charge in [0.2, 0.25) is 0 Å². The van der Waals surface area contributed by atoms with Crippen LogP contribution in [0.5, 0.6) is 0 Å². The molecule has 20 heavy (non-hydrogen) atoms. The van der Waals surface area contributed by atoms with Gasteiger partial charge in [0.15, 0.2) is 11.5 Å². The second-order valence-corrected chi connectivity index (χ2v) is 6.89. The number of hydrogen-bond donors (Lipinski definition) is 0. The first-order valence-corrected chi connectivity index (χ1v) is 7.17. The van der Waals surface area contributed by atoms with Crippen molar-refractivity contribution in [2.24, 2.45) is 16.7 Å². The lowest BCUT2D eigenvalue weighted by Gasteiger charge is -2.32. The molecule has 0 aliphatic heterocycles. The minimum absolute atomic E-state index is 0.0232. The Kier molecular flexibility index (Phi) is 2.07. The Bertz CT molecular complexity index is 719. The van der Waals surface area contributed by atoms with Gasteiger partial charge in [0.05, 0.1) is 5.92 Å². The van der Waals surface area contributed by atoms with Crippen molar-refractivity contribution in [1.82, 2.24) is 19.8 Å². The van der Waals surface area contributed by atoms with Crippen molar-refractivity contribution in [2.45, 2.75) is 39.5 Å². The van der Waals surface area contributed by atoms with E-state index in [9.17, 15) is 4.79 Å². The molecule has 2 aliphatic rings. The molecule has 0 amide bonds. The van der Waals surface area contributed by atoms with Crippen LogP contribution in [-0.2, 0) is 4.79 Å². The molecule has 2 bridgehead atoms. The van der Waals surface area contributed by atoms with Crippen LogP contribution in [0.1, 0.15) is 45.4 Å². The topological polar surface area (TPSA) is 60.2 Å². The molecule has 0 N–H and O–H groups in total. The summed E-state index contributed by atoms with van der Waals surface area (Å²) in [6.07, 6.45) is 3.79. The Morgan fingerprint density at radius 1 is 1.30 bits per heavy atom. The number of carbonyl (C=O) groups excluding carboxylic acids is 1. The molecule has 5 nitrogen and oxygen atoms in total. The molecule has 0 aromatic carbocycles. The predicted molar refractivity (Wildman–Crippen MR) is 73.1 cm³/mol. The lowest BCUT2D eigenvalue weighted by molar-refractivity contribution is -0.129. The van der Waals surface area contributed by atoms with Crippen LogP contribution in [0.2, 0.25) is 0 Å². The summed E-state index contributed by atoms with van der Waals surface area (Å²) < 4.78 is 1.72. The minimum Gasteiger partial charge on any atom is -0.298 e. The molecule has 0 unspecified atom stereocenters. The third-order valence-corrected chi connectivity index (χ3v) is 6.01. The first kappa shape index (κ1) is 12.0. The highest BCUT2D eigenvalue weighted by molar-refractivity contribution is 5.95. The predicted octanol–water partition coefficient (Wildman–Crippen LogP) is 2.23. The molecule has 2 aliphatic carbocycles. The van der Waals surface area contributed by atoms with Crippen LogP contribution in [0.25, 0.3) is 5.65 Å². The minimum atomic E-state index is -0.233. The molecule has 0 spiro atoms. The number of fused-ring (bicyclic) bond motifs is 3. The molecule has 0 saturated heterocycles. The molecule has 0 radical (unpaired) electrons. The summed E-state index contributed by atoms with van der Waals surface area (Å²) in [4.78, 5) is 12.9. The lowest BCUT2D eigenvalue weighted by atomic mass is 9.70. The van der Waals surface area contributed by atoms with Gasteiger partial charge in [0.25, 0.3) is 0 Å². The Morgan fingerprint density at radius 3 is 2.80 bits per heavy atom. The van der Waals surface area contributed by atoms with Crippen molar-refractivity contribution < 1.29 is 4.79 Å². The summed E-state index contributed by atoms with van der Waals surface area (Å²) in [6, 6.07) is 3.70. The monoisotopic (exact) mass is 270 g/mol. The van der Waals surface area contributed by atoms with Crippen molar-refractivity contribution in [3.63, 3.8) is 0 Å². The van der Waals surface area contributed by atoms with Crippen LogP contribution in [0, 0.1) is 16.7 Å². The molecular weight excluding hydrogens is 252 g/mol. The highest BCUT2D eigenvalue weighted by Gasteiger charge is 2.67. The van der Waals surface area contributed by atoms with Gasteiger partial charge in [-0.3, -0.25) is 4.79 Å². The fourth-order valence-electron chi connectivity index (χ4n) is 4.34. The van der Waals surface area contributed by atoms with E-state index < -0.39 is 0 Å². The maximum absolute atomic E-state index is 12.9. The smallest absolute Gasteiger partial charge is 0.177 e. The maximum Gasteiger partial charge on any atom is 0.177 e. The average molecular weight is 270 g/mol. The van der Waals surface area contributed by atoms with Crippen molar-refractivity contribution in [1.29, 1.82) is 0 Å². The molecule has 3 atom stereocenters. The number of aromatic nitrogens is 4. The molecular formula is C15H18N4O. The van der Waals surface area contributed by atoms with Crippen LogP contribution >= 0.6 is 0 Å². The molecule has 2 aromatic rings. The van der Waals surface area contributed by atoms with E-state index in [1.807, 2.05) is 12.1 Å². The van der Waals surface area contributed by atoms with Crippen molar-refractivity contribution in [2.75, 3.05) is 0 Å². The molecule has 104 valence electrons. The molecule has 2 aromatic heterocycles. The Morgan fingerprint density at radius 2 is 2.10 bits per heavy atom. The first-order chi connectivity index (χ1) is 9.47. The summed E-state index contributed by atoms with van der Waals surface area (Å²) in [5.41, 5.74) is 0.499. The number of carbonyl (C=O) groups is 1. The molecule has 2 heterocycles. The maximum atomic E-state index is 12.9. The zero-order chi connectivity index (χ0) is 14.1. The average Bonchev–Trinajstić information content (AvgIpc) is 2.98. The van der Waals surface area contributed by atoms with Crippen molar-refractivity contribution in [3.8, 4) is 0 Å². The SMILES string of the molecule is CC1(C)[C@@H]2CC[C@@]1(C)C(=O)[C@H]2c1nnc2cccnn12. The fraction of sp³-hybridized carbons (Fsp3) is 0.600. The normalized spacial score (nSPS) is 35.0. The van der Waals surface area contributed by atoms with Gasteiger partial charge in [0, 0.05) is 11.6 Å².